The molecule has 0 radical (unpaired) electrons. The maximum absolute atomic E-state index is 11.5. The van der Waals surface area contributed by atoms with Gasteiger partial charge in [0.25, 0.3) is 0 Å². The molecule has 0 aromatic rings. The highest BCUT2D eigenvalue weighted by molar-refractivity contribution is 5.88. The first-order valence-corrected chi connectivity index (χ1v) is 7.61. The fourth-order valence-electron chi connectivity index (χ4n) is 1.67. The van der Waals surface area contributed by atoms with E-state index < -0.39 is 18.2 Å². The van der Waals surface area contributed by atoms with Crippen molar-refractivity contribution in [3.8, 4) is 0 Å². The van der Waals surface area contributed by atoms with Crippen LogP contribution in [0.4, 0.5) is 0 Å². The van der Waals surface area contributed by atoms with Gasteiger partial charge < -0.3 is 9.47 Å². The van der Waals surface area contributed by atoms with E-state index in [9.17, 15) is 9.59 Å². The quantitative estimate of drug-likeness (QED) is 0.247. The molecule has 0 aliphatic rings. The second-order valence-electron chi connectivity index (χ2n) is 5.36. The summed E-state index contributed by atoms with van der Waals surface area (Å²) in [5.41, 5.74) is 0.573. The molecule has 0 aliphatic heterocycles. The van der Waals surface area contributed by atoms with Crippen LogP contribution in [0.5, 0.6) is 0 Å². The van der Waals surface area contributed by atoms with Gasteiger partial charge in [-0.3, -0.25) is 0 Å². The van der Waals surface area contributed by atoms with Crippen LogP contribution < -0.4 is 0 Å². The number of ether oxygens (including phenoxy) is 2. The van der Waals surface area contributed by atoms with Crippen LogP contribution in [-0.2, 0) is 19.1 Å². The Morgan fingerprint density at radius 2 is 1.29 bits per heavy atom. The molecule has 0 fully saturated rings. The normalized spacial score (nSPS) is 10.3. The highest BCUT2D eigenvalue weighted by Gasteiger charge is 2.19. The molecule has 0 aromatic heterocycles. The van der Waals surface area contributed by atoms with Crippen LogP contribution >= 0.6 is 0 Å². The largest absolute Gasteiger partial charge is 0.422 e. The summed E-state index contributed by atoms with van der Waals surface area (Å²) in [7, 11) is 0. The molecule has 0 aromatic carbocycles. The highest BCUT2D eigenvalue weighted by atomic mass is 16.7. The van der Waals surface area contributed by atoms with Crippen molar-refractivity contribution in [3.05, 3.63) is 24.3 Å². The van der Waals surface area contributed by atoms with E-state index in [1.54, 1.807) is 13.8 Å². The van der Waals surface area contributed by atoms with Gasteiger partial charge in [0, 0.05) is 17.6 Å². The van der Waals surface area contributed by atoms with Crippen LogP contribution in [0.2, 0.25) is 0 Å². The first-order chi connectivity index (χ1) is 9.88. The first kappa shape index (κ1) is 19.4. The summed E-state index contributed by atoms with van der Waals surface area (Å²) in [4.78, 5) is 23.1. The van der Waals surface area contributed by atoms with Gasteiger partial charge >= 0.3 is 11.9 Å². The van der Waals surface area contributed by atoms with Crippen molar-refractivity contribution < 1.29 is 19.1 Å². The molecule has 120 valence electrons. The third-order valence-corrected chi connectivity index (χ3v) is 2.97. The minimum absolute atomic E-state index is 0.286. The third kappa shape index (κ3) is 9.88. The molecule has 0 amide bonds. The molecule has 4 nitrogen and oxygen atoms in total. The Labute approximate surface area is 128 Å². The van der Waals surface area contributed by atoms with Crippen LogP contribution in [0.15, 0.2) is 24.3 Å². The van der Waals surface area contributed by atoms with Gasteiger partial charge in [-0.2, -0.15) is 0 Å². The van der Waals surface area contributed by atoms with Crippen molar-refractivity contribution in [1.82, 2.24) is 0 Å². The topological polar surface area (TPSA) is 52.6 Å². The standard InChI is InChI=1S/C17H28O4/c1-6-7-8-9-10-11-12-15(20-16(18)13(2)3)21-17(19)14(4)5/h15H,2,4,6-12H2,1,3,5H3. The Bertz CT molecular complexity index is 343. The minimum Gasteiger partial charge on any atom is -0.422 e. The fraction of sp³-hybridized carbons (Fsp3) is 0.647. The highest BCUT2D eigenvalue weighted by Crippen LogP contribution is 2.14. The average Bonchev–Trinajstić information content (AvgIpc) is 2.41. The summed E-state index contributed by atoms with van der Waals surface area (Å²) in [5, 5.41) is 0. The maximum atomic E-state index is 11.5. The zero-order valence-corrected chi connectivity index (χ0v) is 13.6. The van der Waals surface area contributed by atoms with Crippen molar-refractivity contribution in [3.63, 3.8) is 0 Å². The molecule has 0 aliphatic carbocycles. The number of esters is 2. The van der Waals surface area contributed by atoms with E-state index in [1.807, 2.05) is 0 Å². The van der Waals surface area contributed by atoms with Gasteiger partial charge in [0.1, 0.15) is 0 Å². The molecule has 0 saturated carbocycles. The Balaban J connectivity index is 4.24. The lowest BCUT2D eigenvalue weighted by molar-refractivity contribution is -0.183. The predicted octanol–water partition coefficient (Wildman–Crippen LogP) is 4.30. The van der Waals surface area contributed by atoms with Gasteiger partial charge in [-0.05, 0) is 20.3 Å². The number of hydrogen-bond donors (Lipinski definition) is 0. The SMILES string of the molecule is C=C(C)C(=O)OC(CCCCCCCC)OC(=O)C(=C)C. The maximum Gasteiger partial charge on any atom is 0.336 e. The number of rotatable bonds is 11. The Morgan fingerprint density at radius 3 is 1.71 bits per heavy atom. The van der Waals surface area contributed by atoms with Gasteiger partial charge in [0.2, 0.25) is 6.29 Å². The van der Waals surface area contributed by atoms with Crippen LogP contribution in [0.1, 0.15) is 65.7 Å². The second-order valence-corrected chi connectivity index (χ2v) is 5.36. The fourth-order valence-corrected chi connectivity index (χ4v) is 1.67. The van der Waals surface area contributed by atoms with Gasteiger partial charge in [-0.15, -0.1) is 0 Å². The summed E-state index contributed by atoms with van der Waals surface area (Å²) in [5.74, 6) is -1.08. The predicted molar refractivity (Wildman–Crippen MR) is 83.6 cm³/mol. The number of hydrogen-bond acceptors (Lipinski definition) is 4. The van der Waals surface area contributed by atoms with Crippen LogP contribution in [0.3, 0.4) is 0 Å². The van der Waals surface area contributed by atoms with Gasteiger partial charge in [0.05, 0.1) is 0 Å². The monoisotopic (exact) mass is 296 g/mol. The molecular formula is C17H28O4. The summed E-state index contributed by atoms with van der Waals surface area (Å²) in [6.07, 6.45) is 6.32. The lowest BCUT2D eigenvalue weighted by Gasteiger charge is -2.18. The van der Waals surface area contributed by atoms with Crippen LogP contribution in [0.25, 0.3) is 0 Å². The summed E-state index contributed by atoms with van der Waals surface area (Å²) in [6, 6.07) is 0. The van der Waals surface area contributed by atoms with Gasteiger partial charge in [-0.25, -0.2) is 9.59 Å². The van der Waals surface area contributed by atoms with Crippen molar-refractivity contribution in [2.24, 2.45) is 0 Å². The lowest BCUT2D eigenvalue weighted by atomic mass is 10.1. The van der Waals surface area contributed by atoms with E-state index in [2.05, 4.69) is 20.1 Å². The molecule has 4 heteroatoms. The molecule has 0 spiro atoms. The molecule has 0 heterocycles. The van der Waals surface area contributed by atoms with Crippen molar-refractivity contribution in [2.75, 3.05) is 0 Å². The Kier molecular flexibility index (Phi) is 10.3. The molecule has 0 N–H and O–H groups in total. The first-order valence-electron chi connectivity index (χ1n) is 7.61. The Hall–Kier alpha value is -1.58. The van der Waals surface area contributed by atoms with Gasteiger partial charge in [0.15, 0.2) is 0 Å². The van der Waals surface area contributed by atoms with E-state index in [4.69, 9.17) is 9.47 Å². The number of carbonyl (C=O) groups is 2. The summed E-state index contributed by atoms with van der Waals surface area (Å²) < 4.78 is 10.3. The summed E-state index contributed by atoms with van der Waals surface area (Å²) >= 11 is 0. The smallest absolute Gasteiger partial charge is 0.336 e. The van der Waals surface area contributed by atoms with Gasteiger partial charge in [-0.1, -0.05) is 52.2 Å². The van der Waals surface area contributed by atoms with Crippen LogP contribution in [0, 0.1) is 0 Å². The average molecular weight is 296 g/mol. The van der Waals surface area contributed by atoms with Crippen molar-refractivity contribution >= 4 is 11.9 Å². The second kappa shape index (κ2) is 11.1. The molecule has 21 heavy (non-hydrogen) atoms. The van der Waals surface area contributed by atoms with E-state index in [-0.39, 0.29) is 11.1 Å². The minimum atomic E-state index is -0.857. The van der Waals surface area contributed by atoms with E-state index in [0.29, 0.717) is 6.42 Å². The number of unbranched alkanes of at least 4 members (excludes halogenated alkanes) is 5. The third-order valence-electron chi connectivity index (χ3n) is 2.97. The van der Waals surface area contributed by atoms with Crippen LogP contribution in [-0.4, -0.2) is 18.2 Å². The summed E-state index contributed by atoms with van der Waals surface area (Å²) in [6.45, 7) is 12.3. The molecule has 0 bridgehead atoms. The van der Waals surface area contributed by atoms with E-state index in [1.165, 1.54) is 19.3 Å². The zero-order valence-electron chi connectivity index (χ0n) is 13.6. The molecule has 0 atom stereocenters. The van der Waals surface area contributed by atoms with E-state index >= 15 is 0 Å². The molecule has 0 unspecified atom stereocenters. The van der Waals surface area contributed by atoms with Crippen molar-refractivity contribution in [1.29, 1.82) is 0 Å². The number of carbonyl (C=O) groups excluding carboxylic acids is 2. The van der Waals surface area contributed by atoms with Crippen molar-refractivity contribution in [2.45, 2.75) is 72.0 Å². The molecule has 0 rings (SSSR count). The molecule has 0 saturated heterocycles. The molecular weight excluding hydrogens is 268 g/mol. The van der Waals surface area contributed by atoms with E-state index in [0.717, 1.165) is 19.3 Å². The zero-order chi connectivity index (χ0) is 16.3. The lowest BCUT2D eigenvalue weighted by Crippen LogP contribution is -2.25. The Morgan fingerprint density at radius 1 is 0.857 bits per heavy atom.